The SMILES string of the molecule is C[P+]1(C)C(c2ccccc2)=C[C](c2ccccc2)C=C1c1ccccc1. The highest BCUT2D eigenvalue weighted by atomic mass is 31.2. The van der Waals surface area contributed by atoms with Crippen molar-refractivity contribution in [1.29, 1.82) is 0 Å². The molecule has 1 heteroatoms. The Morgan fingerprint density at radius 2 is 0.808 bits per heavy atom. The summed E-state index contributed by atoms with van der Waals surface area (Å²) in [5, 5.41) is 2.94. The van der Waals surface area contributed by atoms with E-state index in [9.17, 15) is 0 Å². The molecular weight excluding hydrogens is 331 g/mol. The fourth-order valence-electron chi connectivity index (χ4n) is 3.62. The fraction of sp³-hybridized carbons (Fsp3) is 0.0800. The summed E-state index contributed by atoms with van der Waals surface area (Å²) in [4.78, 5) is 0. The molecule has 0 aromatic heterocycles. The van der Waals surface area contributed by atoms with E-state index in [-0.39, 0.29) is 0 Å². The number of hydrogen-bond donors (Lipinski definition) is 0. The van der Waals surface area contributed by atoms with Crippen molar-refractivity contribution in [3.05, 3.63) is 126 Å². The Morgan fingerprint density at radius 3 is 1.19 bits per heavy atom. The molecule has 0 unspecified atom stereocenters. The van der Waals surface area contributed by atoms with Crippen LogP contribution in [0, 0.1) is 5.92 Å². The first-order valence-corrected chi connectivity index (χ1v) is 11.7. The van der Waals surface area contributed by atoms with Crippen LogP contribution in [0.5, 0.6) is 0 Å². The molecule has 1 aliphatic heterocycles. The smallest absolute Gasteiger partial charge is 0.0622 e. The van der Waals surface area contributed by atoms with E-state index in [1.807, 2.05) is 0 Å². The van der Waals surface area contributed by atoms with Crippen LogP contribution in [0.25, 0.3) is 10.6 Å². The number of hydrogen-bond acceptors (Lipinski definition) is 0. The van der Waals surface area contributed by atoms with Crippen molar-refractivity contribution in [2.45, 2.75) is 0 Å². The predicted octanol–water partition coefficient (Wildman–Crippen LogP) is 6.98. The van der Waals surface area contributed by atoms with Crippen LogP contribution in [0.3, 0.4) is 0 Å². The van der Waals surface area contributed by atoms with Crippen molar-refractivity contribution >= 4 is 17.9 Å². The van der Waals surface area contributed by atoms with Gasteiger partial charge in [-0.1, -0.05) is 91.0 Å². The molecule has 3 aromatic rings. The fourth-order valence-corrected chi connectivity index (χ4v) is 6.39. The maximum Gasteiger partial charge on any atom is 0.103 e. The van der Waals surface area contributed by atoms with Crippen LogP contribution in [0.15, 0.2) is 103 Å². The second-order valence-corrected chi connectivity index (χ2v) is 10.9. The van der Waals surface area contributed by atoms with Gasteiger partial charge in [0, 0.05) is 11.1 Å². The summed E-state index contributed by atoms with van der Waals surface area (Å²) in [5.74, 6) is 1.29. The molecule has 0 bridgehead atoms. The lowest BCUT2D eigenvalue weighted by Crippen LogP contribution is -2.07. The average molecular weight is 354 g/mol. The lowest BCUT2D eigenvalue weighted by Gasteiger charge is -2.30. The quantitative estimate of drug-likeness (QED) is 0.445. The van der Waals surface area contributed by atoms with E-state index in [1.165, 1.54) is 33.2 Å². The molecule has 127 valence electrons. The highest BCUT2D eigenvalue weighted by Gasteiger charge is 2.42. The molecule has 4 rings (SSSR count). The van der Waals surface area contributed by atoms with Gasteiger partial charge in [-0.25, -0.2) is 0 Å². The minimum absolute atomic E-state index is 1.27. The second kappa shape index (κ2) is 7.06. The van der Waals surface area contributed by atoms with Crippen LogP contribution in [0.1, 0.15) is 16.7 Å². The second-order valence-electron chi connectivity index (χ2n) is 7.07. The van der Waals surface area contributed by atoms with Gasteiger partial charge in [-0.2, -0.15) is 0 Å². The van der Waals surface area contributed by atoms with Crippen LogP contribution in [0.4, 0.5) is 0 Å². The van der Waals surface area contributed by atoms with Gasteiger partial charge < -0.3 is 0 Å². The molecule has 0 nitrogen and oxygen atoms in total. The largest absolute Gasteiger partial charge is 0.103 e. The van der Waals surface area contributed by atoms with E-state index in [0.29, 0.717) is 0 Å². The number of benzene rings is 3. The van der Waals surface area contributed by atoms with Crippen molar-refractivity contribution in [3.63, 3.8) is 0 Å². The number of allylic oxidation sites excluding steroid dienone is 2. The molecule has 0 fully saturated rings. The zero-order valence-corrected chi connectivity index (χ0v) is 16.2. The van der Waals surface area contributed by atoms with Gasteiger partial charge >= 0.3 is 0 Å². The number of rotatable bonds is 3. The lowest BCUT2D eigenvalue weighted by molar-refractivity contribution is 1.36. The maximum atomic E-state index is 2.44. The van der Waals surface area contributed by atoms with Crippen molar-refractivity contribution in [2.75, 3.05) is 13.3 Å². The zero-order chi connectivity index (χ0) is 18.0. The summed E-state index contributed by atoms with van der Waals surface area (Å²) in [6.45, 7) is 4.87. The molecule has 0 saturated carbocycles. The van der Waals surface area contributed by atoms with Gasteiger partial charge in [0.1, 0.15) is 10.6 Å². The van der Waals surface area contributed by atoms with Crippen molar-refractivity contribution < 1.29 is 0 Å². The minimum atomic E-state index is -1.46. The van der Waals surface area contributed by atoms with Gasteiger partial charge in [0.15, 0.2) is 0 Å². The normalized spacial score (nSPS) is 16.7. The third kappa shape index (κ3) is 3.18. The third-order valence-electron chi connectivity index (χ3n) is 5.04. The van der Waals surface area contributed by atoms with E-state index in [1.54, 1.807) is 0 Å². The Labute approximate surface area is 157 Å². The molecule has 1 radical (unpaired) electrons. The molecule has 0 aliphatic carbocycles. The third-order valence-corrected chi connectivity index (χ3v) is 8.22. The van der Waals surface area contributed by atoms with E-state index in [2.05, 4.69) is 116 Å². The Bertz CT molecular complexity index is 876. The van der Waals surface area contributed by atoms with Gasteiger partial charge in [-0.15, -0.1) is 0 Å². The van der Waals surface area contributed by atoms with E-state index in [4.69, 9.17) is 0 Å². The van der Waals surface area contributed by atoms with Crippen molar-refractivity contribution in [2.24, 2.45) is 0 Å². The molecule has 26 heavy (non-hydrogen) atoms. The van der Waals surface area contributed by atoms with Gasteiger partial charge in [0.05, 0.1) is 26.5 Å². The van der Waals surface area contributed by atoms with Crippen molar-refractivity contribution in [1.82, 2.24) is 0 Å². The summed E-state index contributed by atoms with van der Waals surface area (Å²) in [6, 6.07) is 32.4. The first-order valence-electron chi connectivity index (χ1n) is 8.98. The zero-order valence-electron chi connectivity index (χ0n) is 15.3. The first kappa shape index (κ1) is 17.0. The Morgan fingerprint density at radius 1 is 0.462 bits per heavy atom. The Hall–Kier alpha value is -2.43. The molecule has 0 N–H and O–H groups in total. The molecule has 0 spiro atoms. The minimum Gasteiger partial charge on any atom is -0.0622 e. The Balaban J connectivity index is 1.90. The van der Waals surface area contributed by atoms with Gasteiger partial charge in [-0.3, -0.25) is 0 Å². The standard InChI is InChI=1S/C25H23P/c1-26(2)24(21-14-8-4-9-15-21)18-23(20-12-6-3-7-13-20)19-25(26)22-16-10-5-11-17-22/h3-19H,1-2H3/q+1. The van der Waals surface area contributed by atoms with Gasteiger partial charge in [-0.05, 0) is 17.7 Å². The molecule has 0 atom stereocenters. The molecule has 0 amide bonds. The van der Waals surface area contributed by atoms with Crippen molar-refractivity contribution in [3.8, 4) is 0 Å². The van der Waals surface area contributed by atoms with E-state index in [0.717, 1.165) is 0 Å². The van der Waals surface area contributed by atoms with Crippen LogP contribution >= 0.6 is 7.26 Å². The summed E-state index contributed by atoms with van der Waals surface area (Å²) in [5.41, 5.74) is 3.94. The highest BCUT2D eigenvalue weighted by molar-refractivity contribution is 7.92. The average Bonchev–Trinajstić information content (AvgIpc) is 2.69. The summed E-state index contributed by atoms with van der Waals surface area (Å²) in [6.07, 6.45) is 4.82. The van der Waals surface area contributed by atoms with E-state index < -0.39 is 7.26 Å². The molecule has 0 saturated heterocycles. The lowest BCUT2D eigenvalue weighted by atomic mass is 9.95. The van der Waals surface area contributed by atoms with Crippen LogP contribution in [0.2, 0.25) is 0 Å². The monoisotopic (exact) mass is 354 g/mol. The Kier molecular flexibility index (Phi) is 4.62. The first-order chi connectivity index (χ1) is 12.7. The van der Waals surface area contributed by atoms with Crippen LogP contribution in [-0.2, 0) is 0 Å². The van der Waals surface area contributed by atoms with Crippen LogP contribution < -0.4 is 0 Å². The summed E-state index contributed by atoms with van der Waals surface area (Å²) in [7, 11) is -1.46. The molecule has 1 heterocycles. The molecular formula is C25H23P+. The maximum absolute atomic E-state index is 2.44. The highest BCUT2D eigenvalue weighted by Crippen LogP contribution is 2.74. The predicted molar refractivity (Wildman–Crippen MR) is 116 cm³/mol. The van der Waals surface area contributed by atoms with Crippen LogP contribution in [-0.4, -0.2) is 13.3 Å². The summed E-state index contributed by atoms with van der Waals surface area (Å²) >= 11 is 0. The van der Waals surface area contributed by atoms with Gasteiger partial charge in [0.2, 0.25) is 0 Å². The van der Waals surface area contributed by atoms with Gasteiger partial charge in [0.25, 0.3) is 0 Å². The molecule has 1 aliphatic rings. The summed E-state index contributed by atoms with van der Waals surface area (Å²) < 4.78 is 0. The topological polar surface area (TPSA) is 0 Å². The van der Waals surface area contributed by atoms with E-state index >= 15 is 0 Å². The molecule has 3 aromatic carbocycles.